The molecule has 0 atom stereocenters. The molecule has 1 fully saturated rings. The fraction of sp³-hybridized carbons (Fsp3) is 0.250. The molecule has 0 bridgehead atoms. The molecule has 4 rings (SSSR count). The predicted octanol–water partition coefficient (Wildman–Crippen LogP) is 5.05. The maximum absolute atomic E-state index is 11.4. The molecule has 27 heavy (non-hydrogen) atoms. The summed E-state index contributed by atoms with van der Waals surface area (Å²) in [4.78, 5) is 11.4. The van der Waals surface area contributed by atoms with E-state index in [0.29, 0.717) is 5.92 Å². The monoisotopic (exact) mass is 398 g/mol. The van der Waals surface area contributed by atoms with Crippen LogP contribution in [0.25, 0.3) is 5.69 Å². The van der Waals surface area contributed by atoms with Gasteiger partial charge in [0, 0.05) is 29.3 Å². The first-order valence-corrected chi connectivity index (χ1v) is 10.2. The van der Waals surface area contributed by atoms with Crippen LogP contribution in [0.2, 0.25) is 5.02 Å². The van der Waals surface area contributed by atoms with Crippen molar-refractivity contribution in [2.24, 2.45) is 0 Å². The van der Waals surface area contributed by atoms with E-state index in [1.165, 1.54) is 12.5 Å². The van der Waals surface area contributed by atoms with Gasteiger partial charge in [0.1, 0.15) is 5.82 Å². The fourth-order valence-electron chi connectivity index (χ4n) is 2.88. The van der Waals surface area contributed by atoms with Crippen molar-refractivity contribution < 1.29 is 4.79 Å². The summed E-state index contributed by atoms with van der Waals surface area (Å²) in [5.41, 5.74) is 2.91. The minimum Gasteiger partial charge on any atom is -0.326 e. The van der Waals surface area contributed by atoms with Gasteiger partial charge in [-0.1, -0.05) is 41.6 Å². The van der Waals surface area contributed by atoms with Gasteiger partial charge in [-0.25, -0.2) is 0 Å². The lowest BCUT2D eigenvalue weighted by Gasteiger charge is -2.12. The molecule has 0 saturated heterocycles. The Morgan fingerprint density at radius 2 is 2.00 bits per heavy atom. The van der Waals surface area contributed by atoms with Crippen LogP contribution >= 0.6 is 23.4 Å². The average molecular weight is 399 g/mol. The highest BCUT2D eigenvalue weighted by Crippen LogP contribution is 2.41. The van der Waals surface area contributed by atoms with Crippen molar-refractivity contribution in [2.75, 3.05) is 5.32 Å². The van der Waals surface area contributed by atoms with Crippen LogP contribution in [0.1, 0.15) is 37.1 Å². The lowest BCUT2D eigenvalue weighted by atomic mass is 10.2. The van der Waals surface area contributed by atoms with Crippen LogP contribution < -0.4 is 5.32 Å². The zero-order valence-electron chi connectivity index (χ0n) is 14.9. The summed E-state index contributed by atoms with van der Waals surface area (Å²) in [7, 11) is 0. The Kier molecular flexibility index (Phi) is 5.18. The standard InChI is InChI=1S/C20H19ClN4OS/c1-13(26)22-17-3-2-4-18(11-17)25-19(15-7-8-15)23-24-20(25)27-12-14-5-9-16(21)10-6-14/h2-6,9-11,15H,7-8,12H2,1H3,(H,22,26). The molecule has 5 nitrogen and oxygen atoms in total. The summed E-state index contributed by atoms with van der Waals surface area (Å²) < 4.78 is 2.11. The number of hydrogen-bond acceptors (Lipinski definition) is 4. The first-order chi connectivity index (χ1) is 13.1. The summed E-state index contributed by atoms with van der Waals surface area (Å²) >= 11 is 7.61. The fourth-order valence-corrected chi connectivity index (χ4v) is 3.92. The highest BCUT2D eigenvalue weighted by atomic mass is 35.5. The maximum Gasteiger partial charge on any atom is 0.221 e. The third-order valence-corrected chi connectivity index (χ3v) is 5.56. The second-order valence-corrected chi connectivity index (χ2v) is 7.98. The molecular weight excluding hydrogens is 380 g/mol. The number of carbonyl (C=O) groups is 1. The van der Waals surface area contributed by atoms with E-state index in [-0.39, 0.29) is 5.91 Å². The van der Waals surface area contributed by atoms with Gasteiger partial charge in [0.15, 0.2) is 5.16 Å². The molecule has 1 aromatic heterocycles. The molecule has 0 spiro atoms. The van der Waals surface area contributed by atoms with Crippen molar-refractivity contribution in [3.05, 3.63) is 64.9 Å². The largest absolute Gasteiger partial charge is 0.326 e. The lowest BCUT2D eigenvalue weighted by molar-refractivity contribution is -0.114. The van der Waals surface area contributed by atoms with E-state index in [4.69, 9.17) is 11.6 Å². The number of hydrogen-bond donors (Lipinski definition) is 1. The minimum absolute atomic E-state index is 0.0874. The molecule has 1 aliphatic rings. The van der Waals surface area contributed by atoms with Gasteiger partial charge in [-0.05, 0) is 48.7 Å². The number of carbonyl (C=O) groups excluding carboxylic acids is 1. The van der Waals surface area contributed by atoms with Gasteiger partial charge in [0.05, 0.1) is 5.69 Å². The first kappa shape index (κ1) is 18.1. The lowest BCUT2D eigenvalue weighted by Crippen LogP contribution is -2.07. The third kappa shape index (κ3) is 4.34. The number of benzene rings is 2. The highest BCUT2D eigenvalue weighted by Gasteiger charge is 2.31. The Balaban J connectivity index is 1.63. The van der Waals surface area contributed by atoms with Crippen LogP contribution in [0.5, 0.6) is 0 Å². The molecule has 0 radical (unpaired) electrons. The van der Waals surface area contributed by atoms with Gasteiger partial charge >= 0.3 is 0 Å². The first-order valence-electron chi connectivity index (χ1n) is 8.81. The molecule has 0 aliphatic heterocycles. The Hall–Kier alpha value is -2.31. The number of rotatable bonds is 6. The topological polar surface area (TPSA) is 59.8 Å². The van der Waals surface area contributed by atoms with Crippen molar-refractivity contribution in [3.8, 4) is 5.69 Å². The second-order valence-electron chi connectivity index (χ2n) is 6.60. The van der Waals surface area contributed by atoms with Crippen LogP contribution in [-0.4, -0.2) is 20.7 Å². The zero-order chi connectivity index (χ0) is 18.8. The van der Waals surface area contributed by atoms with E-state index in [0.717, 1.165) is 46.0 Å². The van der Waals surface area contributed by atoms with Crippen LogP contribution in [0, 0.1) is 0 Å². The Bertz CT molecular complexity index is 966. The molecule has 138 valence electrons. The molecule has 1 heterocycles. The second kappa shape index (κ2) is 7.74. The number of anilines is 1. The van der Waals surface area contributed by atoms with Gasteiger partial charge in [-0.3, -0.25) is 9.36 Å². The summed E-state index contributed by atoms with van der Waals surface area (Å²) in [6.07, 6.45) is 2.29. The minimum atomic E-state index is -0.0874. The van der Waals surface area contributed by atoms with Crippen molar-refractivity contribution in [1.29, 1.82) is 0 Å². The molecule has 1 amide bonds. The Morgan fingerprint density at radius 1 is 1.22 bits per heavy atom. The number of amides is 1. The van der Waals surface area contributed by atoms with Gasteiger partial charge in [-0.15, -0.1) is 10.2 Å². The molecule has 1 N–H and O–H groups in total. The van der Waals surface area contributed by atoms with Crippen LogP contribution in [0.4, 0.5) is 5.69 Å². The SMILES string of the molecule is CC(=O)Nc1cccc(-n2c(SCc3ccc(Cl)cc3)nnc2C2CC2)c1. The van der Waals surface area contributed by atoms with E-state index in [2.05, 4.69) is 20.1 Å². The van der Waals surface area contributed by atoms with E-state index in [1.54, 1.807) is 11.8 Å². The van der Waals surface area contributed by atoms with Crippen LogP contribution in [-0.2, 0) is 10.5 Å². The van der Waals surface area contributed by atoms with Crippen molar-refractivity contribution in [3.63, 3.8) is 0 Å². The van der Waals surface area contributed by atoms with Gasteiger partial charge in [0.2, 0.25) is 5.91 Å². The highest BCUT2D eigenvalue weighted by molar-refractivity contribution is 7.98. The number of nitrogens with zero attached hydrogens (tertiary/aromatic N) is 3. The number of aromatic nitrogens is 3. The Morgan fingerprint density at radius 3 is 2.70 bits per heavy atom. The van der Waals surface area contributed by atoms with Crippen molar-refractivity contribution >= 4 is 35.0 Å². The van der Waals surface area contributed by atoms with Crippen LogP contribution in [0.15, 0.2) is 53.7 Å². The van der Waals surface area contributed by atoms with Crippen molar-refractivity contribution in [2.45, 2.75) is 36.6 Å². The number of thioether (sulfide) groups is 1. The predicted molar refractivity (Wildman–Crippen MR) is 109 cm³/mol. The molecular formula is C20H19ClN4OS. The van der Waals surface area contributed by atoms with Gasteiger partial charge < -0.3 is 5.32 Å². The molecule has 1 aliphatic carbocycles. The molecule has 1 saturated carbocycles. The zero-order valence-corrected chi connectivity index (χ0v) is 16.4. The number of halogens is 1. The summed E-state index contributed by atoms with van der Waals surface area (Å²) in [5, 5.41) is 13.3. The number of nitrogens with one attached hydrogen (secondary N) is 1. The average Bonchev–Trinajstić information content (AvgIpc) is 3.40. The summed E-state index contributed by atoms with van der Waals surface area (Å²) in [6.45, 7) is 1.51. The maximum atomic E-state index is 11.4. The summed E-state index contributed by atoms with van der Waals surface area (Å²) in [5.74, 6) is 2.15. The molecule has 7 heteroatoms. The quantitative estimate of drug-likeness (QED) is 0.590. The smallest absolute Gasteiger partial charge is 0.221 e. The molecule has 2 aromatic carbocycles. The van der Waals surface area contributed by atoms with Gasteiger partial charge in [0.25, 0.3) is 0 Å². The van der Waals surface area contributed by atoms with E-state index in [1.807, 2.05) is 48.5 Å². The van der Waals surface area contributed by atoms with Crippen LogP contribution in [0.3, 0.4) is 0 Å². The van der Waals surface area contributed by atoms with E-state index in [9.17, 15) is 4.79 Å². The molecule has 0 unspecified atom stereocenters. The van der Waals surface area contributed by atoms with Crippen molar-refractivity contribution in [1.82, 2.24) is 14.8 Å². The third-order valence-electron chi connectivity index (χ3n) is 4.31. The Labute approximate surface area is 167 Å². The van der Waals surface area contributed by atoms with E-state index >= 15 is 0 Å². The summed E-state index contributed by atoms with van der Waals surface area (Å²) in [6, 6.07) is 15.6. The van der Waals surface area contributed by atoms with Gasteiger partial charge in [-0.2, -0.15) is 0 Å². The molecule has 3 aromatic rings. The van der Waals surface area contributed by atoms with E-state index < -0.39 is 0 Å². The normalized spacial score (nSPS) is 13.6.